The van der Waals surface area contributed by atoms with Crippen molar-refractivity contribution >= 4 is 27.7 Å². The van der Waals surface area contributed by atoms with Gasteiger partial charge in [0, 0.05) is 25.2 Å². The van der Waals surface area contributed by atoms with Crippen LogP contribution in [0.3, 0.4) is 0 Å². The minimum atomic E-state index is -3.76. The zero-order valence-electron chi connectivity index (χ0n) is 16.1. The summed E-state index contributed by atoms with van der Waals surface area (Å²) in [6.07, 6.45) is 2.17. The molecular weight excluding hydrogens is 382 g/mol. The quantitative estimate of drug-likeness (QED) is 0.685. The van der Waals surface area contributed by atoms with E-state index in [9.17, 15) is 18.0 Å². The summed E-state index contributed by atoms with van der Waals surface area (Å²) < 4.78 is 33.9. The smallest absolute Gasteiger partial charge is 0.329 e. The monoisotopic (exact) mass is 407 g/mol. The lowest BCUT2D eigenvalue weighted by molar-refractivity contribution is -0.156. The van der Waals surface area contributed by atoms with Gasteiger partial charge in [0.2, 0.25) is 0 Å². The van der Waals surface area contributed by atoms with Crippen LogP contribution in [0.4, 0.5) is 0 Å². The third-order valence-corrected chi connectivity index (χ3v) is 6.44. The van der Waals surface area contributed by atoms with Gasteiger partial charge in [0.05, 0.1) is 0 Å². The van der Waals surface area contributed by atoms with Crippen molar-refractivity contribution in [2.75, 3.05) is 26.2 Å². The molecule has 0 N–H and O–H groups in total. The largest absolute Gasteiger partial charge is 0.454 e. The summed E-state index contributed by atoms with van der Waals surface area (Å²) in [5, 5.41) is 0. The molecule has 1 amide bonds. The topological polar surface area (TPSA) is 96.3 Å². The van der Waals surface area contributed by atoms with E-state index in [2.05, 4.69) is 4.40 Å². The summed E-state index contributed by atoms with van der Waals surface area (Å²) in [5.41, 5.74) is 0.501. The van der Waals surface area contributed by atoms with E-state index in [1.165, 1.54) is 6.07 Å². The Labute approximate surface area is 165 Å². The molecule has 1 atom stereocenters. The third-order valence-electron chi connectivity index (χ3n) is 5.11. The molecule has 0 radical (unpaired) electrons. The van der Waals surface area contributed by atoms with Crippen LogP contribution in [0, 0.1) is 0 Å². The molecule has 1 aromatic carbocycles. The number of hydrogen-bond acceptors (Lipinski definition) is 6. The molecule has 2 heterocycles. The molecule has 0 aliphatic carbocycles. The van der Waals surface area contributed by atoms with E-state index in [0.717, 1.165) is 12.8 Å². The van der Waals surface area contributed by atoms with E-state index >= 15 is 0 Å². The van der Waals surface area contributed by atoms with Crippen LogP contribution in [-0.2, 0) is 24.3 Å². The van der Waals surface area contributed by atoms with Gasteiger partial charge in [0.25, 0.3) is 15.9 Å². The van der Waals surface area contributed by atoms with E-state index in [0.29, 0.717) is 31.6 Å². The number of piperidine rings is 1. The minimum absolute atomic E-state index is 0.152. The van der Waals surface area contributed by atoms with Gasteiger partial charge in [-0.2, -0.15) is 8.42 Å². The Hall–Kier alpha value is -2.42. The maximum Gasteiger partial charge on any atom is 0.329 e. The molecule has 2 aliphatic heterocycles. The number of likely N-dealkylation sites (N-methyl/N-ethyl adjacent to an activating group) is 1. The molecule has 8 nitrogen and oxygen atoms in total. The summed E-state index contributed by atoms with van der Waals surface area (Å²) in [7, 11) is -3.76. The number of hydrogen-bond donors (Lipinski definition) is 0. The highest BCUT2D eigenvalue weighted by molar-refractivity contribution is 7.90. The summed E-state index contributed by atoms with van der Waals surface area (Å²) in [6.45, 7) is 5.02. The van der Waals surface area contributed by atoms with Gasteiger partial charge in [-0.3, -0.25) is 4.79 Å². The van der Waals surface area contributed by atoms with E-state index < -0.39 is 22.0 Å². The number of sulfonamides is 1. The number of amidine groups is 1. The second-order valence-electron chi connectivity index (χ2n) is 6.76. The molecule has 0 unspecified atom stereocenters. The van der Waals surface area contributed by atoms with Crippen molar-refractivity contribution in [1.82, 2.24) is 9.80 Å². The van der Waals surface area contributed by atoms with Crippen molar-refractivity contribution in [3.63, 3.8) is 0 Å². The van der Waals surface area contributed by atoms with Gasteiger partial charge in [0.1, 0.15) is 10.9 Å². The van der Waals surface area contributed by atoms with Gasteiger partial charge in [-0.15, -0.1) is 4.40 Å². The number of nitrogens with zero attached hydrogens (tertiary/aromatic N) is 3. The first-order chi connectivity index (χ1) is 13.4. The fourth-order valence-electron chi connectivity index (χ4n) is 3.62. The molecule has 9 heteroatoms. The maximum absolute atomic E-state index is 12.7. The van der Waals surface area contributed by atoms with Crippen molar-refractivity contribution in [3.05, 3.63) is 29.8 Å². The van der Waals surface area contributed by atoms with Crippen LogP contribution in [0.15, 0.2) is 33.6 Å². The van der Waals surface area contributed by atoms with Gasteiger partial charge in [-0.1, -0.05) is 12.1 Å². The molecule has 1 aromatic rings. The van der Waals surface area contributed by atoms with Gasteiger partial charge in [0.15, 0.2) is 12.4 Å². The number of esters is 1. The average Bonchev–Trinajstić information content (AvgIpc) is 2.98. The number of amides is 1. The molecule has 0 aromatic heterocycles. The number of fused-ring (bicyclic) bond motifs is 1. The SMILES string of the molecule is CCN(CC)C(=O)COC(=O)[C@@H]1CCCCN1C1=NS(=O)(=O)c2ccccc21. The highest BCUT2D eigenvalue weighted by Gasteiger charge is 2.38. The molecule has 0 saturated carbocycles. The van der Waals surface area contributed by atoms with Gasteiger partial charge >= 0.3 is 5.97 Å². The number of carbonyl (C=O) groups excluding carboxylic acids is 2. The lowest BCUT2D eigenvalue weighted by atomic mass is 10.0. The molecule has 152 valence electrons. The molecule has 28 heavy (non-hydrogen) atoms. The van der Waals surface area contributed by atoms with Crippen molar-refractivity contribution < 1.29 is 22.7 Å². The molecule has 1 saturated heterocycles. The minimum Gasteiger partial charge on any atom is -0.454 e. The van der Waals surface area contributed by atoms with Crippen molar-refractivity contribution in [1.29, 1.82) is 0 Å². The number of benzene rings is 1. The summed E-state index contributed by atoms with van der Waals surface area (Å²) >= 11 is 0. The Morgan fingerprint density at radius 2 is 1.93 bits per heavy atom. The second-order valence-corrected chi connectivity index (χ2v) is 8.34. The van der Waals surface area contributed by atoms with Crippen LogP contribution in [0.5, 0.6) is 0 Å². The second kappa shape index (κ2) is 8.30. The fraction of sp³-hybridized carbons (Fsp3) is 0.526. The van der Waals surface area contributed by atoms with Crippen LogP contribution < -0.4 is 0 Å². The van der Waals surface area contributed by atoms with E-state index in [1.807, 2.05) is 13.8 Å². The van der Waals surface area contributed by atoms with Crippen LogP contribution in [0.25, 0.3) is 0 Å². The normalized spacial score (nSPS) is 20.3. The predicted octanol–water partition coefficient (Wildman–Crippen LogP) is 1.40. The maximum atomic E-state index is 12.7. The Balaban J connectivity index is 1.78. The van der Waals surface area contributed by atoms with Crippen molar-refractivity contribution in [2.45, 2.75) is 44.0 Å². The zero-order valence-corrected chi connectivity index (χ0v) is 16.9. The fourth-order valence-corrected chi connectivity index (χ4v) is 4.84. The summed E-state index contributed by atoms with van der Waals surface area (Å²) in [5.74, 6) is -0.483. The van der Waals surface area contributed by atoms with E-state index in [-0.39, 0.29) is 23.2 Å². The number of ether oxygens (including phenoxy) is 1. The van der Waals surface area contributed by atoms with Crippen LogP contribution in [0.2, 0.25) is 0 Å². The zero-order chi connectivity index (χ0) is 20.3. The predicted molar refractivity (Wildman–Crippen MR) is 103 cm³/mol. The highest BCUT2D eigenvalue weighted by Crippen LogP contribution is 2.30. The van der Waals surface area contributed by atoms with E-state index in [1.54, 1.807) is 28.0 Å². The van der Waals surface area contributed by atoms with E-state index in [4.69, 9.17) is 4.74 Å². The first-order valence-electron chi connectivity index (χ1n) is 9.54. The lowest BCUT2D eigenvalue weighted by Crippen LogP contribution is -2.49. The molecule has 0 bridgehead atoms. The Bertz CT molecular complexity index is 893. The Morgan fingerprint density at radius 1 is 1.21 bits per heavy atom. The van der Waals surface area contributed by atoms with Crippen LogP contribution >= 0.6 is 0 Å². The third kappa shape index (κ3) is 3.89. The molecule has 3 rings (SSSR count). The van der Waals surface area contributed by atoms with Crippen molar-refractivity contribution in [3.8, 4) is 0 Å². The Morgan fingerprint density at radius 3 is 2.64 bits per heavy atom. The Kier molecular flexibility index (Phi) is 6.02. The number of carbonyl (C=O) groups is 2. The number of likely N-dealkylation sites (tertiary alicyclic amines) is 1. The van der Waals surface area contributed by atoms with Crippen LogP contribution in [0.1, 0.15) is 38.7 Å². The average molecular weight is 407 g/mol. The van der Waals surface area contributed by atoms with Gasteiger partial charge < -0.3 is 14.5 Å². The van der Waals surface area contributed by atoms with Gasteiger partial charge in [-0.25, -0.2) is 4.79 Å². The highest BCUT2D eigenvalue weighted by atomic mass is 32.2. The first kappa shape index (κ1) is 20.3. The van der Waals surface area contributed by atoms with Crippen LogP contribution in [-0.4, -0.2) is 68.2 Å². The molecular formula is C19H25N3O5S. The molecule has 2 aliphatic rings. The first-order valence-corrected chi connectivity index (χ1v) is 11.0. The molecule has 0 spiro atoms. The van der Waals surface area contributed by atoms with Gasteiger partial charge in [-0.05, 0) is 45.2 Å². The molecule has 1 fully saturated rings. The summed E-state index contributed by atoms with van der Waals surface area (Å²) in [4.78, 5) is 28.3. The lowest BCUT2D eigenvalue weighted by Gasteiger charge is -2.35. The number of rotatable bonds is 5. The van der Waals surface area contributed by atoms with Crippen molar-refractivity contribution in [2.24, 2.45) is 4.40 Å². The standard InChI is InChI=1S/C19H25N3O5S/c1-3-21(4-2)17(23)13-27-19(24)15-10-7-8-12-22(15)18-14-9-5-6-11-16(14)28(25,26)20-18/h5-6,9,11,15H,3-4,7-8,10,12-13H2,1-2H3/t15-/m0/s1. The summed E-state index contributed by atoms with van der Waals surface area (Å²) in [6, 6.07) is 5.95.